The second kappa shape index (κ2) is 17.7. The number of allylic oxidation sites excluding steroid dienone is 2. The lowest BCUT2D eigenvalue weighted by atomic mass is 10.1. The Kier molecular flexibility index (Phi) is 16.9. The standard InChI is InChI=1S/C22H43NO2/c1-4-7-10-11-12-13-14-15-18-23(19-21(24)16-8-5-2)20-22(25)17-9-6-3/h19-20,24-25H,4-18H2,1-3H3. The molecule has 0 spiro atoms. The lowest BCUT2D eigenvalue weighted by molar-refractivity contribution is 0.336. The van der Waals surface area contributed by atoms with Gasteiger partial charge in [0.1, 0.15) is 11.5 Å². The van der Waals surface area contributed by atoms with Crippen molar-refractivity contribution < 1.29 is 10.2 Å². The fraction of sp³-hybridized carbons (Fsp3) is 0.818. The Bertz CT molecular complexity index is 326. The van der Waals surface area contributed by atoms with E-state index in [-0.39, 0.29) is 0 Å². The highest BCUT2D eigenvalue weighted by atomic mass is 16.3. The van der Waals surface area contributed by atoms with E-state index in [1.807, 2.05) is 4.90 Å². The SMILES string of the molecule is CCCCCCCCCCN(C=C(O)CCCC)C=C(O)CCCC. The van der Waals surface area contributed by atoms with Gasteiger partial charge in [0.25, 0.3) is 0 Å². The molecule has 2 N–H and O–H groups in total. The summed E-state index contributed by atoms with van der Waals surface area (Å²) in [4.78, 5) is 1.98. The Balaban J connectivity index is 4.29. The van der Waals surface area contributed by atoms with Gasteiger partial charge in [-0.05, 0) is 19.3 Å². The Morgan fingerprint density at radius 1 is 0.600 bits per heavy atom. The maximum absolute atomic E-state index is 10.1. The van der Waals surface area contributed by atoms with Crippen LogP contribution in [-0.2, 0) is 0 Å². The lowest BCUT2D eigenvalue weighted by Gasteiger charge is -2.17. The second-order valence-electron chi connectivity index (χ2n) is 7.16. The van der Waals surface area contributed by atoms with Crippen molar-refractivity contribution >= 4 is 0 Å². The molecule has 0 aromatic rings. The third-order valence-corrected chi connectivity index (χ3v) is 4.47. The van der Waals surface area contributed by atoms with Gasteiger partial charge in [0, 0.05) is 31.8 Å². The minimum Gasteiger partial charge on any atom is -0.511 e. The molecule has 0 aliphatic heterocycles. The predicted octanol–water partition coefficient (Wildman–Crippen LogP) is 7.61. The van der Waals surface area contributed by atoms with Gasteiger partial charge in [-0.15, -0.1) is 0 Å². The van der Waals surface area contributed by atoms with E-state index >= 15 is 0 Å². The van der Waals surface area contributed by atoms with Crippen LogP contribution in [0.25, 0.3) is 0 Å². The van der Waals surface area contributed by atoms with Crippen molar-refractivity contribution in [3.63, 3.8) is 0 Å². The Hall–Kier alpha value is -1.12. The summed E-state index contributed by atoms with van der Waals surface area (Å²) in [7, 11) is 0. The number of hydrogen-bond acceptors (Lipinski definition) is 3. The van der Waals surface area contributed by atoms with E-state index in [2.05, 4.69) is 20.8 Å². The zero-order chi connectivity index (χ0) is 18.8. The molecule has 0 aliphatic carbocycles. The van der Waals surface area contributed by atoms with Crippen molar-refractivity contribution in [1.82, 2.24) is 4.90 Å². The molecule has 0 fully saturated rings. The Morgan fingerprint density at radius 3 is 1.44 bits per heavy atom. The van der Waals surface area contributed by atoms with Gasteiger partial charge >= 0.3 is 0 Å². The summed E-state index contributed by atoms with van der Waals surface area (Å²) in [5, 5.41) is 20.1. The molecule has 0 rings (SSSR count). The first kappa shape index (κ1) is 23.9. The van der Waals surface area contributed by atoms with Crippen LogP contribution < -0.4 is 0 Å². The summed E-state index contributed by atoms with van der Waals surface area (Å²) in [6.07, 6.45) is 19.5. The third-order valence-electron chi connectivity index (χ3n) is 4.47. The molecule has 25 heavy (non-hydrogen) atoms. The normalized spacial score (nSPS) is 12.6. The van der Waals surface area contributed by atoms with E-state index in [0.717, 1.165) is 38.6 Å². The summed E-state index contributed by atoms with van der Waals surface area (Å²) in [5.74, 6) is 0.835. The van der Waals surface area contributed by atoms with Gasteiger partial charge in [-0.1, -0.05) is 78.6 Å². The molecule has 0 aromatic heterocycles. The molecule has 3 heteroatoms. The Labute approximate surface area is 156 Å². The minimum absolute atomic E-state index is 0.418. The maximum Gasteiger partial charge on any atom is 0.108 e. The second-order valence-corrected chi connectivity index (χ2v) is 7.16. The zero-order valence-electron chi connectivity index (χ0n) is 17.1. The molecule has 0 unspecified atom stereocenters. The molecule has 148 valence electrons. The highest BCUT2D eigenvalue weighted by Gasteiger charge is 2.03. The van der Waals surface area contributed by atoms with E-state index in [1.54, 1.807) is 12.4 Å². The fourth-order valence-electron chi connectivity index (χ4n) is 2.82. The van der Waals surface area contributed by atoms with E-state index < -0.39 is 0 Å². The highest BCUT2D eigenvalue weighted by Crippen LogP contribution is 2.13. The first-order valence-corrected chi connectivity index (χ1v) is 10.7. The van der Waals surface area contributed by atoms with E-state index in [4.69, 9.17) is 0 Å². The van der Waals surface area contributed by atoms with Crippen molar-refractivity contribution in [3.8, 4) is 0 Å². The average Bonchev–Trinajstić information content (AvgIpc) is 2.60. The van der Waals surface area contributed by atoms with E-state index in [9.17, 15) is 10.2 Å². The van der Waals surface area contributed by atoms with Crippen LogP contribution in [-0.4, -0.2) is 21.7 Å². The molecule has 3 nitrogen and oxygen atoms in total. The van der Waals surface area contributed by atoms with Crippen LogP contribution in [0.15, 0.2) is 23.9 Å². The fourth-order valence-corrected chi connectivity index (χ4v) is 2.82. The number of hydrogen-bond donors (Lipinski definition) is 2. The van der Waals surface area contributed by atoms with Crippen LogP contribution >= 0.6 is 0 Å². The number of nitrogens with zero attached hydrogens (tertiary/aromatic N) is 1. The van der Waals surface area contributed by atoms with Gasteiger partial charge in [0.2, 0.25) is 0 Å². The van der Waals surface area contributed by atoms with Gasteiger partial charge in [-0.3, -0.25) is 0 Å². The van der Waals surface area contributed by atoms with E-state index in [0.29, 0.717) is 24.4 Å². The molecule has 0 saturated carbocycles. The quantitative estimate of drug-likeness (QED) is 0.209. The van der Waals surface area contributed by atoms with Gasteiger partial charge < -0.3 is 15.1 Å². The molecule has 0 saturated heterocycles. The summed E-state index contributed by atoms with van der Waals surface area (Å²) >= 11 is 0. The molecular weight excluding hydrogens is 310 g/mol. The van der Waals surface area contributed by atoms with Crippen LogP contribution in [0.5, 0.6) is 0 Å². The van der Waals surface area contributed by atoms with Crippen molar-refractivity contribution in [2.75, 3.05) is 6.54 Å². The van der Waals surface area contributed by atoms with Crippen molar-refractivity contribution in [1.29, 1.82) is 0 Å². The molecule has 0 aliphatic rings. The molecule has 0 amide bonds. The number of rotatable bonds is 17. The van der Waals surface area contributed by atoms with Crippen LogP contribution in [0.3, 0.4) is 0 Å². The van der Waals surface area contributed by atoms with Crippen molar-refractivity contribution in [3.05, 3.63) is 23.9 Å². The highest BCUT2D eigenvalue weighted by molar-refractivity contribution is 4.99. The summed E-state index contributed by atoms with van der Waals surface area (Å²) < 4.78 is 0. The van der Waals surface area contributed by atoms with Gasteiger partial charge in [-0.25, -0.2) is 0 Å². The van der Waals surface area contributed by atoms with Crippen molar-refractivity contribution in [2.45, 2.75) is 111 Å². The first-order chi connectivity index (χ1) is 12.1. The molecule has 0 heterocycles. The molecule has 0 aromatic carbocycles. The largest absolute Gasteiger partial charge is 0.511 e. The molecular formula is C22H43NO2. The van der Waals surface area contributed by atoms with Crippen LogP contribution in [0.4, 0.5) is 0 Å². The van der Waals surface area contributed by atoms with Gasteiger partial charge in [-0.2, -0.15) is 0 Å². The summed E-state index contributed by atoms with van der Waals surface area (Å²) in [6.45, 7) is 7.37. The van der Waals surface area contributed by atoms with E-state index in [1.165, 1.54) is 44.9 Å². The Morgan fingerprint density at radius 2 is 1.00 bits per heavy atom. The van der Waals surface area contributed by atoms with Gasteiger partial charge in [0.15, 0.2) is 0 Å². The average molecular weight is 354 g/mol. The summed E-state index contributed by atoms with van der Waals surface area (Å²) in [5.41, 5.74) is 0. The maximum atomic E-state index is 10.1. The van der Waals surface area contributed by atoms with Crippen LogP contribution in [0.1, 0.15) is 111 Å². The monoisotopic (exact) mass is 353 g/mol. The molecule has 0 bridgehead atoms. The smallest absolute Gasteiger partial charge is 0.108 e. The number of aliphatic hydroxyl groups excluding tert-OH is 2. The number of aliphatic hydroxyl groups is 2. The topological polar surface area (TPSA) is 43.7 Å². The minimum atomic E-state index is 0.418. The zero-order valence-corrected chi connectivity index (χ0v) is 17.1. The lowest BCUT2D eigenvalue weighted by Crippen LogP contribution is -2.14. The third kappa shape index (κ3) is 16.1. The van der Waals surface area contributed by atoms with Crippen molar-refractivity contribution in [2.24, 2.45) is 0 Å². The molecule has 0 atom stereocenters. The first-order valence-electron chi connectivity index (χ1n) is 10.7. The predicted molar refractivity (Wildman–Crippen MR) is 110 cm³/mol. The van der Waals surface area contributed by atoms with Gasteiger partial charge in [0.05, 0.1) is 0 Å². The number of unbranched alkanes of at least 4 members (excludes halogenated alkanes) is 9. The van der Waals surface area contributed by atoms with Crippen LogP contribution in [0.2, 0.25) is 0 Å². The van der Waals surface area contributed by atoms with Crippen LogP contribution in [0, 0.1) is 0 Å². The summed E-state index contributed by atoms with van der Waals surface area (Å²) in [6, 6.07) is 0. The molecule has 0 radical (unpaired) electrons.